The summed E-state index contributed by atoms with van der Waals surface area (Å²) in [6, 6.07) is 15.7. The number of hydrogen-bond donors (Lipinski definition) is 0. The van der Waals surface area contributed by atoms with Gasteiger partial charge in [-0.25, -0.2) is 0 Å². The lowest BCUT2D eigenvalue weighted by Gasteiger charge is -2.26. The van der Waals surface area contributed by atoms with E-state index in [0.29, 0.717) is 37.6 Å². The summed E-state index contributed by atoms with van der Waals surface area (Å²) in [5.74, 6) is 1.34. The molecule has 1 aromatic heterocycles. The second kappa shape index (κ2) is 11.0. The van der Waals surface area contributed by atoms with E-state index in [9.17, 15) is 4.79 Å². The van der Waals surface area contributed by atoms with Crippen LogP contribution in [0.2, 0.25) is 0 Å². The van der Waals surface area contributed by atoms with Gasteiger partial charge in [-0.3, -0.25) is 9.78 Å². The number of carbonyl (C=O) groups is 1. The van der Waals surface area contributed by atoms with Crippen LogP contribution in [0.1, 0.15) is 24.0 Å². The number of fused-ring (bicyclic) bond motifs is 1. The molecule has 172 valence electrons. The number of carbonyl (C=O) groups excluding carboxylic acids is 1. The van der Waals surface area contributed by atoms with E-state index in [0.717, 1.165) is 41.5 Å². The topological polar surface area (TPSA) is 60.9 Å². The summed E-state index contributed by atoms with van der Waals surface area (Å²) in [6.45, 7) is 5.87. The third kappa shape index (κ3) is 5.71. The van der Waals surface area contributed by atoms with Crippen LogP contribution in [0.25, 0.3) is 10.9 Å². The smallest absolute Gasteiger partial charge is 0.227 e. The first-order chi connectivity index (χ1) is 16.2. The molecule has 1 atom stereocenters. The normalized spacial score (nSPS) is 15.4. The molecule has 0 saturated carbocycles. The second-order valence-electron chi connectivity index (χ2n) is 8.16. The Bertz CT molecular complexity index is 1100. The number of aromatic nitrogens is 1. The van der Waals surface area contributed by atoms with Crippen LogP contribution in [0.15, 0.2) is 67.4 Å². The van der Waals surface area contributed by atoms with Gasteiger partial charge in [-0.1, -0.05) is 43.0 Å². The Hall–Kier alpha value is -3.38. The fraction of sp³-hybridized carbons (Fsp3) is 0.333. The average Bonchev–Trinajstić information content (AvgIpc) is 3.36. The maximum atomic E-state index is 13.5. The molecule has 33 heavy (non-hydrogen) atoms. The zero-order valence-corrected chi connectivity index (χ0v) is 19.0. The van der Waals surface area contributed by atoms with Crippen LogP contribution < -0.4 is 9.47 Å². The van der Waals surface area contributed by atoms with Gasteiger partial charge in [0, 0.05) is 31.3 Å². The molecule has 6 heteroatoms. The predicted octanol–water partition coefficient (Wildman–Crippen LogP) is 4.56. The standard InChI is InChI=1S/C27H30N2O4/c1-3-14-33-24-12-11-20(16-25(24)31-2)18-29(19-23-10-6-15-32-23)26(30)17-22-8-4-7-21-9-5-13-28-27(21)22/h3-5,7-9,11-13,16,23H,1,6,10,14-15,17-19H2,2H3. The van der Waals surface area contributed by atoms with E-state index in [-0.39, 0.29) is 12.0 Å². The van der Waals surface area contributed by atoms with E-state index in [1.54, 1.807) is 19.4 Å². The highest BCUT2D eigenvalue weighted by molar-refractivity contribution is 5.87. The molecule has 2 heterocycles. The SMILES string of the molecule is C=CCOc1ccc(CN(CC2CCCO2)C(=O)Cc2cccc3cccnc23)cc1OC. The lowest BCUT2D eigenvalue weighted by Crippen LogP contribution is -2.37. The molecule has 2 aromatic carbocycles. The Morgan fingerprint density at radius 3 is 2.91 bits per heavy atom. The van der Waals surface area contributed by atoms with Gasteiger partial charge in [0.15, 0.2) is 11.5 Å². The number of ether oxygens (including phenoxy) is 3. The molecule has 0 aliphatic carbocycles. The Kier molecular flexibility index (Phi) is 7.58. The molecular weight excluding hydrogens is 416 g/mol. The van der Waals surface area contributed by atoms with Crippen LogP contribution in [0, 0.1) is 0 Å². The van der Waals surface area contributed by atoms with E-state index in [1.165, 1.54) is 0 Å². The molecule has 1 unspecified atom stereocenters. The number of para-hydroxylation sites is 1. The van der Waals surface area contributed by atoms with Crippen LogP contribution in [0.3, 0.4) is 0 Å². The number of hydrogen-bond acceptors (Lipinski definition) is 5. The van der Waals surface area contributed by atoms with Gasteiger partial charge in [-0.15, -0.1) is 0 Å². The minimum Gasteiger partial charge on any atom is -0.493 e. The predicted molar refractivity (Wildman–Crippen MR) is 129 cm³/mol. The third-order valence-electron chi connectivity index (χ3n) is 5.82. The lowest BCUT2D eigenvalue weighted by molar-refractivity contribution is -0.132. The Balaban J connectivity index is 1.55. The number of methoxy groups -OCH3 is 1. The van der Waals surface area contributed by atoms with Crippen molar-refractivity contribution in [2.45, 2.75) is 31.9 Å². The molecule has 0 N–H and O–H groups in total. The maximum absolute atomic E-state index is 13.5. The fourth-order valence-corrected chi connectivity index (χ4v) is 4.17. The molecule has 1 aliphatic heterocycles. The summed E-state index contributed by atoms with van der Waals surface area (Å²) < 4.78 is 17.0. The van der Waals surface area contributed by atoms with E-state index in [1.807, 2.05) is 53.4 Å². The number of amides is 1. The van der Waals surface area contributed by atoms with Crippen molar-refractivity contribution in [1.29, 1.82) is 0 Å². The van der Waals surface area contributed by atoms with Crippen LogP contribution in [-0.2, 0) is 22.5 Å². The first-order valence-corrected chi connectivity index (χ1v) is 11.3. The van der Waals surface area contributed by atoms with E-state index < -0.39 is 0 Å². The zero-order valence-electron chi connectivity index (χ0n) is 19.0. The minimum absolute atomic E-state index is 0.0506. The lowest BCUT2D eigenvalue weighted by atomic mass is 10.1. The van der Waals surface area contributed by atoms with E-state index >= 15 is 0 Å². The van der Waals surface area contributed by atoms with Gasteiger partial charge in [0.2, 0.25) is 5.91 Å². The molecular formula is C27H30N2O4. The number of rotatable bonds is 10. The summed E-state index contributed by atoms with van der Waals surface area (Å²) >= 11 is 0. The van der Waals surface area contributed by atoms with Crippen molar-refractivity contribution in [3.05, 3.63) is 78.5 Å². The van der Waals surface area contributed by atoms with Gasteiger partial charge < -0.3 is 19.1 Å². The highest BCUT2D eigenvalue weighted by Gasteiger charge is 2.24. The van der Waals surface area contributed by atoms with Crippen molar-refractivity contribution in [2.24, 2.45) is 0 Å². The highest BCUT2D eigenvalue weighted by atomic mass is 16.5. The maximum Gasteiger partial charge on any atom is 0.227 e. The van der Waals surface area contributed by atoms with E-state index in [4.69, 9.17) is 14.2 Å². The summed E-state index contributed by atoms with van der Waals surface area (Å²) in [7, 11) is 1.61. The van der Waals surface area contributed by atoms with Gasteiger partial charge in [0.25, 0.3) is 0 Å². The number of nitrogens with zero attached hydrogens (tertiary/aromatic N) is 2. The molecule has 4 rings (SSSR count). The molecule has 1 fully saturated rings. The Labute approximate surface area is 194 Å². The average molecular weight is 447 g/mol. The molecule has 1 amide bonds. The van der Waals surface area contributed by atoms with Crippen molar-refractivity contribution >= 4 is 16.8 Å². The Morgan fingerprint density at radius 1 is 1.24 bits per heavy atom. The van der Waals surface area contributed by atoms with Crippen LogP contribution in [0.4, 0.5) is 0 Å². The van der Waals surface area contributed by atoms with Crippen molar-refractivity contribution in [1.82, 2.24) is 9.88 Å². The molecule has 1 aliphatic rings. The van der Waals surface area contributed by atoms with Crippen LogP contribution >= 0.6 is 0 Å². The molecule has 0 radical (unpaired) electrons. The Morgan fingerprint density at radius 2 is 2.12 bits per heavy atom. The summed E-state index contributed by atoms with van der Waals surface area (Å²) in [5, 5.41) is 1.04. The summed E-state index contributed by atoms with van der Waals surface area (Å²) in [5.41, 5.74) is 2.78. The highest BCUT2D eigenvalue weighted by Crippen LogP contribution is 2.29. The van der Waals surface area contributed by atoms with Crippen molar-refractivity contribution in [3.8, 4) is 11.5 Å². The van der Waals surface area contributed by atoms with Gasteiger partial charge in [0.1, 0.15) is 6.61 Å². The van der Waals surface area contributed by atoms with Crippen LogP contribution in [-0.4, -0.2) is 48.8 Å². The zero-order chi connectivity index (χ0) is 23.0. The van der Waals surface area contributed by atoms with Crippen LogP contribution in [0.5, 0.6) is 11.5 Å². The third-order valence-corrected chi connectivity index (χ3v) is 5.82. The second-order valence-corrected chi connectivity index (χ2v) is 8.16. The van der Waals surface area contributed by atoms with Gasteiger partial charge >= 0.3 is 0 Å². The van der Waals surface area contributed by atoms with Crippen molar-refractivity contribution in [3.63, 3.8) is 0 Å². The summed E-state index contributed by atoms with van der Waals surface area (Å²) in [6.07, 6.45) is 5.82. The molecule has 6 nitrogen and oxygen atoms in total. The van der Waals surface area contributed by atoms with Crippen molar-refractivity contribution < 1.29 is 19.0 Å². The summed E-state index contributed by atoms with van der Waals surface area (Å²) in [4.78, 5) is 19.9. The van der Waals surface area contributed by atoms with Gasteiger partial charge in [-0.2, -0.15) is 0 Å². The van der Waals surface area contributed by atoms with Gasteiger partial charge in [0.05, 0.1) is 25.2 Å². The largest absolute Gasteiger partial charge is 0.493 e. The van der Waals surface area contributed by atoms with E-state index in [2.05, 4.69) is 11.6 Å². The number of pyridine rings is 1. The van der Waals surface area contributed by atoms with Crippen molar-refractivity contribution in [2.75, 3.05) is 26.9 Å². The molecule has 1 saturated heterocycles. The fourth-order valence-electron chi connectivity index (χ4n) is 4.17. The first-order valence-electron chi connectivity index (χ1n) is 11.3. The molecule has 0 spiro atoms. The van der Waals surface area contributed by atoms with Gasteiger partial charge in [-0.05, 0) is 42.2 Å². The monoisotopic (exact) mass is 446 g/mol. The quantitative estimate of drug-likeness (QED) is 0.427. The molecule has 3 aromatic rings. The number of benzene rings is 2. The minimum atomic E-state index is 0.0506. The first kappa shape index (κ1) is 22.8. The molecule has 0 bridgehead atoms.